The van der Waals surface area contributed by atoms with E-state index in [0.29, 0.717) is 46.7 Å². The number of para-hydroxylation sites is 4. The molecule has 0 spiro atoms. The Balaban J connectivity index is 1.45. The van der Waals surface area contributed by atoms with Gasteiger partial charge in [-0.1, -0.05) is 69.5 Å². The van der Waals surface area contributed by atoms with E-state index in [2.05, 4.69) is 20.9 Å². The Morgan fingerprint density at radius 3 is 2.12 bits per heavy atom. The SMILES string of the molecule is Cc1ccc(S(=O)(=O)n2c(CCN(c3ccc(Br)cc3)c3nc4ccccc4nc3Cl)nc3ccccc32)cc1. The van der Waals surface area contributed by atoms with E-state index >= 15 is 0 Å². The molecule has 10 heteroatoms. The van der Waals surface area contributed by atoms with Gasteiger partial charge in [-0.05, 0) is 67.6 Å². The summed E-state index contributed by atoms with van der Waals surface area (Å²) in [6.07, 6.45) is 0.292. The molecular weight excluding hydrogens is 610 g/mol. The van der Waals surface area contributed by atoms with Crippen molar-refractivity contribution < 1.29 is 8.42 Å². The normalized spacial score (nSPS) is 11.8. The van der Waals surface area contributed by atoms with Gasteiger partial charge in [0.05, 0.1) is 27.0 Å². The topological polar surface area (TPSA) is 81.0 Å². The third-order valence-corrected chi connectivity index (χ3v) is 9.15. The van der Waals surface area contributed by atoms with Gasteiger partial charge in [-0.15, -0.1) is 0 Å². The molecule has 0 atom stereocenters. The molecule has 0 fully saturated rings. The summed E-state index contributed by atoms with van der Waals surface area (Å²) in [5.74, 6) is 0.889. The van der Waals surface area contributed by atoms with Gasteiger partial charge in [0.25, 0.3) is 10.0 Å². The van der Waals surface area contributed by atoms with E-state index in [-0.39, 0.29) is 10.0 Å². The lowest BCUT2D eigenvalue weighted by molar-refractivity contribution is 0.586. The molecule has 0 bridgehead atoms. The van der Waals surface area contributed by atoms with Crippen LogP contribution >= 0.6 is 27.5 Å². The van der Waals surface area contributed by atoms with Gasteiger partial charge in [0.2, 0.25) is 0 Å². The Morgan fingerprint density at radius 1 is 0.800 bits per heavy atom. The zero-order valence-electron chi connectivity index (χ0n) is 21.4. The van der Waals surface area contributed by atoms with Crippen LogP contribution in [0.15, 0.2) is 106 Å². The quantitative estimate of drug-likeness (QED) is 0.183. The molecule has 0 aliphatic rings. The van der Waals surface area contributed by atoms with Crippen molar-refractivity contribution in [3.8, 4) is 0 Å². The molecule has 0 unspecified atom stereocenters. The highest BCUT2D eigenvalue weighted by Gasteiger charge is 2.25. The van der Waals surface area contributed by atoms with E-state index in [0.717, 1.165) is 15.7 Å². The maximum Gasteiger partial charge on any atom is 0.269 e. The largest absolute Gasteiger partial charge is 0.323 e. The van der Waals surface area contributed by atoms with Crippen molar-refractivity contribution in [1.82, 2.24) is 18.9 Å². The van der Waals surface area contributed by atoms with Crippen LogP contribution in [0, 0.1) is 6.92 Å². The van der Waals surface area contributed by atoms with Crippen LogP contribution in [0.3, 0.4) is 0 Å². The van der Waals surface area contributed by atoms with Gasteiger partial charge in [-0.2, -0.15) is 0 Å². The number of nitrogens with zero attached hydrogens (tertiary/aromatic N) is 5. The Kier molecular flexibility index (Phi) is 7.04. The fourth-order valence-corrected chi connectivity index (χ4v) is 6.64. The maximum atomic E-state index is 13.9. The highest BCUT2D eigenvalue weighted by molar-refractivity contribution is 9.10. The number of aryl methyl sites for hydroxylation is 1. The van der Waals surface area contributed by atoms with Gasteiger partial charge in [-0.3, -0.25) is 0 Å². The first-order chi connectivity index (χ1) is 19.3. The number of halogens is 2. The summed E-state index contributed by atoms with van der Waals surface area (Å²) in [4.78, 5) is 16.3. The van der Waals surface area contributed by atoms with Crippen LogP contribution in [-0.4, -0.2) is 33.9 Å². The summed E-state index contributed by atoms with van der Waals surface area (Å²) >= 11 is 10.2. The van der Waals surface area contributed by atoms with E-state index in [1.54, 1.807) is 30.3 Å². The molecule has 2 heterocycles. The molecule has 0 saturated heterocycles. The molecule has 0 aliphatic heterocycles. The molecule has 6 aromatic rings. The van der Waals surface area contributed by atoms with E-state index in [4.69, 9.17) is 21.6 Å². The lowest BCUT2D eigenvalue weighted by Crippen LogP contribution is -2.24. The summed E-state index contributed by atoms with van der Waals surface area (Å²) < 4.78 is 30.1. The number of benzene rings is 4. The first-order valence-corrected chi connectivity index (χ1v) is 15.2. The van der Waals surface area contributed by atoms with Gasteiger partial charge in [0.1, 0.15) is 5.82 Å². The van der Waals surface area contributed by atoms with Crippen molar-refractivity contribution in [3.05, 3.63) is 118 Å². The fraction of sp³-hybridized carbons (Fsp3) is 0.100. The standard InChI is InChI=1S/C30H23BrClN5O2S/c1-20-10-16-23(17-11-20)40(38,39)37-27-9-5-4-8-26(27)33-28(37)18-19-36(22-14-12-21(31)13-15-22)30-29(32)34-24-6-2-3-7-25(24)35-30/h2-17H,18-19H2,1H3. The fourth-order valence-electron chi connectivity index (χ4n) is 4.63. The van der Waals surface area contributed by atoms with Gasteiger partial charge >= 0.3 is 0 Å². The Hall–Kier alpha value is -3.79. The number of rotatable bonds is 7. The molecular formula is C30H23BrClN5O2S. The number of hydrogen-bond acceptors (Lipinski definition) is 6. The molecule has 40 heavy (non-hydrogen) atoms. The molecule has 6 rings (SSSR count). The first-order valence-electron chi connectivity index (χ1n) is 12.6. The van der Waals surface area contributed by atoms with Crippen LogP contribution in [0.25, 0.3) is 22.1 Å². The highest BCUT2D eigenvalue weighted by atomic mass is 79.9. The molecule has 0 N–H and O–H groups in total. The average molecular weight is 633 g/mol. The van der Waals surface area contributed by atoms with Crippen LogP contribution in [0.4, 0.5) is 11.5 Å². The predicted octanol–water partition coefficient (Wildman–Crippen LogP) is 7.32. The maximum absolute atomic E-state index is 13.9. The smallest absolute Gasteiger partial charge is 0.269 e. The van der Waals surface area contributed by atoms with Gasteiger partial charge in [-0.25, -0.2) is 27.3 Å². The molecule has 0 amide bonds. The van der Waals surface area contributed by atoms with Gasteiger partial charge < -0.3 is 4.90 Å². The molecule has 4 aromatic carbocycles. The summed E-state index contributed by atoms with van der Waals surface area (Å²) in [6.45, 7) is 2.27. The molecule has 7 nitrogen and oxygen atoms in total. The van der Waals surface area contributed by atoms with Gasteiger partial charge in [0.15, 0.2) is 11.0 Å². The highest BCUT2D eigenvalue weighted by Crippen LogP contribution is 2.32. The molecule has 2 aromatic heterocycles. The van der Waals surface area contributed by atoms with Gasteiger partial charge in [0, 0.05) is 23.1 Å². The summed E-state index contributed by atoms with van der Waals surface area (Å²) in [5, 5.41) is 0.252. The molecule has 0 radical (unpaired) electrons. The molecule has 0 aliphatic carbocycles. The third-order valence-electron chi connectivity index (χ3n) is 6.61. The zero-order valence-corrected chi connectivity index (χ0v) is 24.5. The first kappa shape index (κ1) is 26.4. The van der Waals surface area contributed by atoms with Crippen LogP contribution in [0.2, 0.25) is 5.15 Å². The van der Waals surface area contributed by atoms with E-state index in [1.807, 2.05) is 78.6 Å². The second-order valence-corrected chi connectivity index (χ2v) is 12.4. The van der Waals surface area contributed by atoms with Crippen molar-refractivity contribution in [2.75, 3.05) is 11.4 Å². The molecule has 200 valence electrons. The van der Waals surface area contributed by atoms with Crippen molar-refractivity contribution in [2.24, 2.45) is 0 Å². The van der Waals surface area contributed by atoms with Crippen LogP contribution in [0.5, 0.6) is 0 Å². The van der Waals surface area contributed by atoms with Crippen LogP contribution < -0.4 is 4.90 Å². The zero-order chi connectivity index (χ0) is 27.9. The predicted molar refractivity (Wildman–Crippen MR) is 163 cm³/mol. The van der Waals surface area contributed by atoms with E-state index in [1.165, 1.54) is 3.97 Å². The van der Waals surface area contributed by atoms with Crippen LogP contribution in [0.1, 0.15) is 11.4 Å². The average Bonchev–Trinajstić information content (AvgIpc) is 3.33. The van der Waals surface area contributed by atoms with E-state index < -0.39 is 10.0 Å². The van der Waals surface area contributed by atoms with E-state index in [9.17, 15) is 8.42 Å². The van der Waals surface area contributed by atoms with Crippen LogP contribution in [-0.2, 0) is 16.4 Å². The summed E-state index contributed by atoms with van der Waals surface area (Å²) in [6, 6.07) is 29.4. The minimum absolute atomic E-state index is 0.204. The minimum Gasteiger partial charge on any atom is -0.323 e. The lowest BCUT2D eigenvalue weighted by Gasteiger charge is -2.25. The lowest BCUT2D eigenvalue weighted by atomic mass is 10.2. The molecule has 0 saturated carbocycles. The number of hydrogen-bond donors (Lipinski definition) is 0. The number of fused-ring (bicyclic) bond motifs is 2. The van der Waals surface area contributed by atoms with Crippen molar-refractivity contribution in [2.45, 2.75) is 18.2 Å². The Labute approximate surface area is 245 Å². The Morgan fingerprint density at radius 2 is 1.43 bits per heavy atom. The second kappa shape index (κ2) is 10.6. The number of aromatic nitrogens is 4. The second-order valence-electron chi connectivity index (χ2n) is 9.30. The minimum atomic E-state index is -3.91. The van der Waals surface area contributed by atoms with Crippen molar-refractivity contribution in [1.29, 1.82) is 0 Å². The third kappa shape index (κ3) is 4.96. The van der Waals surface area contributed by atoms with Crippen molar-refractivity contribution >= 4 is 71.1 Å². The monoisotopic (exact) mass is 631 g/mol. The van der Waals surface area contributed by atoms with Crippen molar-refractivity contribution in [3.63, 3.8) is 0 Å². The summed E-state index contributed by atoms with van der Waals surface area (Å²) in [5.41, 5.74) is 4.34. The summed E-state index contributed by atoms with van der Waals surface area (Å²) in [7, 11) is -3.91. The number of imidazole rings is 1. The number of anilines is 2. The Bertz CT molecular complexity index is 1960.